The second-order valence-corrected chi connectivity index (χ2v) is 0.750. The molecule has 0 atom stereocenters. The third kappa shape index (κ3) is 3.37. The monoisotopic (exact) mass is 85.1 g/mol. The number of aliphatic imine (C=N–C) groups is 1. The summed E-state index contributed by atoms with van der Waals surface area (Å²) in [4.78, 5) is 3.33. The van der Waals surface area contributed by atoms with Gasteiger partial charge in [-0.25, -0.2) is 0 Å². The fourth-order valence-corrected chi connectivity index (χ4v) is 0.122. The highest BCUT2D eigenvalue weighted by atomic mass is 16.2. The molecular weight excluding hydrogens is 78.0 g/mol. The number of hydrogen-bond donors (Lipinski definition) is 1. The molecule has 0 saturated carbocycles. The fourth-order valence-electron chi connectivity index (χ4n) is 0.122. The van der Waals surface area contributed by atoms with Crippen molar-refractivity contribution in [2.24, 2.45) is 4.99 Å². The Morgan fingerprint density at radius 3 is 2.67 bits per heavy atom. The summed E-state index contributed by atoms with van der Waals surface area (Å²) in [5, 5.41) is 8.02. The lowest BCUT2D eigenvalue weighted by Crippen LogP contribution is -1.66. The van der Waals surface area contributed by atoms with E-state index in [1.807, 2.05) is 0 Å². The van der Waals surface area contributed by atoms with E-state index in [4.69, 9.17) is 5.11 Å². The van der Waals surface area contributed by atoms with Gasteiger partial charge >= 0.3 is 0 Å². The van der Waals surface area contributed by atoms with Gasteiger partial charge in [0.2, 0.25) is 0 Å². The molecule has 0 unspecified atom stereocenters. The number of nitrogens with zero attached hydrogens (tertiary/aromatic N) is 1. The van der Waals surface area contributed by atoms with E-state index in [9.17, 15) is 0 Å². The van der Waals surface area contributed by atoms with Crippen molar-refractivity contribution >= 4 is 6.72 Å². The molecule has 0 bridgehead atoms. The molecule has 0 aromatic carbocycles. The molecule has 0 rings (SSSR count). The van der Waals surface area contributed by atoms with E-state index in [1.165, 1.54) is 12.3 Å². The van der Waals surface area contributed by atoms with E-state index in [-0.39, 0.29) is 6.61 Å². The first-order chi connectivity index (χ1) is 2.91. The molecule has 2 nitrogen and oxygen atoms in total. The zero-order chi connectivity index (χ0) is 4.83. The van der Waals surface area contributed by atoms with Crippen LogP contribution in [0, 0.1) is 0 Å². The lowest BCUT2D eigenvalue weighted by molar-refractivity contribution is 0.342. The SMILES string of the molecule is C=NC=CCO. The molecule has 0 radical (unpaired) electrons. The molecule has 0 amide bonds. The van der Waals surface area contributed by atoms with E-state index in [0.717, 1.165) is 0 Å². The number of rotatable bonds is 2. The van der Waals surface area contributed by atoms with Crippen molar-refractivity contribution in [3.63, 3.8) is 0 Å². The van der Waals surface area contributed by atoms with E-state index < -0.39 is 0 Å². The van der Waals surface area contributed by atoms with Gasteiger partial charge in [0.25, 0.3) is 0 Å². The highest BCUT2D eigenvalue weighted by Gasteiger charge is 1.56. The quantitative estimate of drug-likeness (QED) is 0.477. The molecule has 0 aromatic rings. The Morgan fingerprint density at radius 2 is 2.50 bits per heavy atom. The summed E-state index contributed by atoms with van der Waals surface area (Å²) >= 11 is 0. The van der Waals surface area contributed by atoms with Crippen molar-refractivity contribution in [3.05, 3.63) is 12.3 Å². The van der Waals surface area contributed by atoms with E-state index in [0.29, 0.717) is 0 Å². The van der Waals surface area contributed by atoms with E-state index in [2.05, 4.69) is 11.7 Å². The number of aliphatic hydroxyl groups excluding tert-OH is 1. The third-order valence-corrected chi connectivity index (χ3v) is 0.316. The van der Waals surface area contributed by atoms with Gasteiger partial charge in [0.05, 0.1) is 6.61 Å². The minimum absolute atomic E-state index is 0.0407. The van der Waals surface area contributed by atoms with Gasteiger partial charge in [-0.05, 0) is 12.8 Å². The molecule has 0 aliphatic carbocycles. The van der Waals surface area contributed by atoms with Crippen LogP contribution < -0.4 is 0 Å². The normalized spacial score (nSPS) is 9.50. The van der Waals surface area contributed by atoms with Gasteiger partial charge in [-0.1, -0.05) is 0 Å². The summed E-state index contributed by atoms with van der Waals surface area (Å²) < 4.78 is 0. The van der Waals surface area contributed by atoms with Crippen molar-refractivity contribution in [2.45, 2.75) is 0 Å². The zero-order valence-corrected chi connectivity index (χ0v) is 3.46. The Hall–Kier alpha value is -0.630. The van der Waals surface area contributed by atoms with Crippen molar-refractivity contribution in [2.75, 3.05) is 6.61 Å². The summed E-state index contributed by atoms with van der Waals surface area (Å²) in [7, 11) is 0. The lowest BCUT2D eigenvalue weighted by atomic mass is 10.7. The molecule has 34 valence electrons. The highest BCUT2D eigenvalue weighted by molar-refractivity contribution is 5.25. The summed E-state index contributed by atoms with van der Waals surface area (Å²) in [5.74, 6) is 0. The molecule has 1 N–H and O–H groups in total. The maximum Gasteiger partial charge on any atom is 0.0630 e. The summed E-state index contributed by atoms with van der Waals surface area (Å²) in [6, 6.07) is 0. The molecule has 0 saturated heterocycles. The largest absolute Gasteiger partial charge is 0.392 e. The third-order valence-electron chi connectivity index (χ3n) is 0.316. The second kappa shape index (κ2) is 4.37. The van der Waals surface area contributed by atoms with Crippen LogP contribution in [-0.2, 0) is 0 Å². The first kappa shape index (κ1) is 5.37. The molecule has 0 aromatic heterocycles. The van der Waals surface area contributed by atoms with E-state index in [1.54, 1.807) is 0 Å². The minimum Gasteiger partial charge on any atom is -0.392 e. The molecule has 0 heterocycles. The summed E-state index contributed by atoms with van der Waals surface area (Å²) in [6.45, 7) is 3.19. The number of aliphatic hydroxyl groups is 1. The van der Waals surface area contributed by atoms with Gasteiger partial charge in [0.15, 0.2) is 0 Å². The molecule has 0 fully saturated rings. The van der Waals surface area contributed by atoms with Crippen LogP contribution in [0.1, 0.15) is 0 Å². The zero-order valence-electron chi connectivity index (χ0n) is 3.46. The van der Waals surface area contributed by atoms with Crippen molar-refractivity contribution < 1.29 is 5.11 Å². The fraction of sp³-hybridized carbons (Fsp3) is 0.250. The van der Waals surface area contributed by atoms with Crippen LogP contribution in [0.4, 0.5) is 0 Å². The van der Waals surface area contributed by atoms with Crippen molar-refractivity contribution in [1.29, 1.82) is 0 Å². The maximum atomic E-state index is 8.02. The van der Waals surface area contributed by atoms with Crippen molar-refractivity contribution in [1.82, 2.24) is 0 Å². The highest BCUT2D eigenvalue weighted by Crippen LogP contribution is 1.65. The lowest BCUT2D eigenvalue weighted by Gasteiger charge is -1.68. The van der Waals surface area contributed by atoms with Gasteiger partial charge in [-0.3, -0.25) is 4.99 Å². The van der Waals surface area contributed by atoms with Gasteiger partial charge in [-0.15, -0.1) is 0 Å². The summed E-state index contributed by atoms with van der Waals surface area (Å²) in [6.07, 6.45) is 2.95. The van der Waals surface area contributed by atoms with Crippen molar-refractivity contribution in [3.8, 4) is 0 Å². The maximum absolute atomic E-state index is 8.02. The van der Waals surface area contributed by atoms with Crippen LogP contribution in [0.5, 0.6) is 0 Å². The Labute approximate surface area is 36.8 Å². The smallest absolute Gasteiger partial charge is 0.0630 e. The average Bonchev–Trinajstić information content (AvgIpc) is 1.61. The second-order valence-electron chi connectivity index (χ2n) is 0.750. The van der Waals surface area contributed by atoms with Gasteiger partial charge in [-0.2, -0.15) is 0 Å². The van der Waals surface area contributed by atoms with Crippen LogP contribution in [0.15, 0.2) is 17.3 Å². The van der Waals surface area contributed by atoms with Crippen LogP contribution in [0.3, 0.4) is 0 Å². The standard InChI is InChI=1S/C4H7NO/c1-5-3-2-4-6/h2-3,6H,1,4H2. The topological polar surface area (TPSA) is 32.6 Å². The first-order valence-corrected chi connectivity index (χ1v) is 1.63. The molecule has 2 heteroatoms. The predicted octanol–water partition coefficient (Wildman–Crippen LogP) is 0.193. The predicted molar refractivity (Wildman–Crippen MR) is 25.8 cm³/mol. The van der Waals surface area contributed by atoms with E-state index >= 15 is 0 Å². The Bertz CT molecular complexity index is 58.6. The minimum atomic E-state index is 0.0407. The molecular formula is C4H7NO. The van der Waals surface area contributed by atoms with Crippen LogP contribution in [-0.4, -0.2) is 18.4 Å². The molecule has 0 aliphatic rings. The van der Waals surface area contributed by atoms with Gasteiger partial charge in [0, 0.05) is 6.20 Å². The summed E-state index contributed by atoms with van der Waals surface area (Å²) in [5.41, 5.74) is 0. The Morgan fingerprint density at radius 1 is 1.83 bits per heavy atom. The van der Waals surface area contributed by atoms with Crippen LogP contribution in [0.2, 0.25) is 0 Å². The average molecular weight is 85.1 g/mol. The Kier molecular flexibility index (Phi) is 3.91. The first-order valence-electron chi connectivity index (χ1n) is 1.63. The van der Waals surface area contributed by atoms with Gasteiger partial charge < -0.3 is 5.11 Å². The van der Waals surface area contributed by atoms with Gasteiger partial charge in [0.1, 0.15) is 0 Å². The molecule has 0 aliphatic heterocycles. The van der Waals surface area contributed by atoms with Crippen LogP contribution >= 0.6 is 0 Å². The number of hydrogen-bond acceptors (Lipinski definition) is 2. The molecule has 6 heavy (non-hydrogen) atoms. The van der Waals surface area contributed by atoms with Crippen LogP contribution in [0.25, 0.3) is 0 Å². The Balaban J connectivity index is 2.94. The molecule has 0 spiro atoms.